The van der Waals surface area contributed by atoms with Crippen molar-refractivity contribution in [3.63, 3.8) is 0 Å². The van der Waals surface area contributed by atoms with Crippen LogP contribution in [0.5, 0.6) is 0 Å². The van der Waals surface area contributed by atoms with Crippen molar-refractivity contribution in [2.75, 3.05) is 13.7 Å². The van der Waals surface area contributed by atoms with E-state index in [1.165, 1.54) is 25.2 Å². The molecule has 4 fully saturated rings. The molecule has 5 aliphatic rings. The maximum atomic E-state index is 13.4. The minimum absolute atomic E-state index is 0.122. The zero-order valence-electron chi connectivity index (χ0n) is 26.4. The lowest BCUT2D eigenvalue weighted by atomic mass is 9.40. The quantitative estimate of drug-likeness (QED) is 0.187. The van der Waals surface area contributed by atoms with Crippen molar-refractivity contribution in [2.45, 2.75) is 104 Å². The average Bonchev–Trinajstić information content (AvgIpc) is 3.73. The summed E-state index contributed by atoms with van der Waals surface area (Å²) in [7, 11) is 1.41. The summed E-state index contributed by atoms with van der Waals surface area (Å²) < 4.78 is 36.8. The van der Waals surface area contributed by atoms with Crippen LogP contribution in [0.3, 0.4) is 0 Å². The standard InChI is InChI=1S/C34H44O9/c1-9-17(2)31(37)43-25-14-24(41-19(4)35)32(5)16-40-28-29(32)33(25,6)23(13-26(36)38-8)34(7)27-18(3)21(20-10-11-39-15-20)12-22(27)42-30(28)34/h9-11,15,21-25,28-30H,12-14,16H2,1-8H3/b17-9+/t21-,22-,23-,24-,25+,28?,29?,30-,32-,33+,34-/m1/s1. The Kier molecular flexibility index (Phi) is 7.24. The number of ether oxygens (including phenoxy) is 5. The second-order valence-corrected chi connectivity index (χ2v) is 13.9. The molecule has 1 aromatic rings. The summed E-state index contributed by atoms with van der Waals surface area (Å²) in [6, 6.07) is 2.00. The monoisotopic (exact) mass is 596 g/mol. The van der Waals surface area contributed by atoms with Gasteiger partial charge in [0.15, 0.2) is 0 Å². The minimum atomic E-state index is -0.741. The lowest BCUT2D eigenvalue weighted by Crippen LogP contribution is -2.71. The van der Waals surface area contributed by atoms with E-state index >= 15 is 0 Å². The molecule has 3 heterocycles. The van der Waals surface area contributed by atoms with E-state index in [1.54, 1.807) is 32.4 Å². The van der Waals surface area contributed by atoms with E-state index in [4.69, 9.17) is 28.1 Å². The second-order valence-electron chi connectivity index (χ2n) is 13.9. The summed E-state index contributed by atoms with van der Waals surface area (Å²) in [6.45, 7) is 13.9. The van der Waals surface area contributed by atoms with Crippen LogP contribution in [-0.4, -0.2) is 62.1 Å². The van der Waals surface area contributed by atoms with Gasteiger partial charge in [-0.1, -0.05) is 32.4 Å². The van der Waals surface area contributed by atoms with Crippen molar-refractivity contribution < 1.29 is 42.5 Å². The molecule has 9 nitrogen and oxygen atoms in total. The van der Waals surface area contributed by atoms with Crippen molar-refractivity contribution in [3.05, 3.63) is 47.0 Å². The zero-order valence-corrected chi connectivity index (χ0v) is 26.4. The summed E-state index contributed by atoms with van der Waals surface area (Å²) in [6.07, 6.45) is 4.39. The fourth-order valence-corrected chi connectivity index (χ4v) is 10.0. The van der Waals surface area contributed by atoms with E-state index in [-0.39, 0.29) is 48.5 Å². The number of esters is 3. The van der Waals surface area contributed by atoms with Crippen LogP contribution in [0.25, 0.3) is 0 Å². The molecule has 11 atom stereocenters. The van der Waals surface area contributed by atoms with E-state index in [0.29, 0.717) is 18.6 Å². The topological polar surface area (TPSA) is 111 Å². The molecule has 0 spiro atoms. The molecular formula is C34H44O9. The highest BCUT2D eigenvalue weighted by molar-refractivity contribution is 5.87. The summed E-state index contributed by atoms with van der Waals surface area (Å²) in [5.74, 6) is -1.54. The van der Waals surface area contributed by atoms with Gasteiger partial charge in [0.25, 0.3) is 0 Å². The first-order valence-electron chi connectivity index (χ1n) is 15.4. The predicted molar refractivity (Wildman–Crippen MR) is 155 cm³/mol. The molecule has 2 aliphatic heterocycles. The average molecular weight is 597 g/mol. The number of methoxy groups -OCH3 is 1. The van der Waals surface area contributed by atoms with Gasteiger partial charge in [0, 0.05) is 53.4 Å². The summed E-state index contributed by atoms with van der Waals surface area (Å²) in [4.78, 5) is 39.0. The maximum absolute atomic E-state index is 13.4. The third-order valence-electron chi connectivity index (χ3n) is 12.0. The van der Waals surface area contributed by atoms with Crippen molar-refractivity contribution >= 4 is 17.9 Å². The van der Waals surface area contributed by atoms with Crippen LogP contribution >= 0.6 is 0 Å². The first kappa shape index (κ1) is 30.1. The normalized spacial score (nSPS) is 43.1. The Morgan fingerprint density at radius 3 is 2.47 bits per heavy atom. The van der Waals surface area contributed by atoms with Crippen molar-refractivity contribution in [1.29, 1.82) is 0 Å². The van der Waals surface area contributed by atoms with Crippen LogP contribution in [-0.2, 0) is 38.1 Å². The Morgan fingerprint density at radius 2 is 1.84 bits per heavy atom. The molecule has 0 N–H and O–H groups in total. The Bertz CT molecular complexity index is 1380. The molecule has 2 saturated heterocycles. The smallest absolute Gasteiger partial charge is 0.333 e. The van der Waals surface area contributed by atoms with Crippen LogP contribution in [0.15, 0.2) is 45.8 Å². The van der Waals surface area contributed by atoms with Crippen LogP contribution in [0.1, 0.15) is 79.2 Å². The molecule has 9 heteroatoms. The van der Waals surface area contributed by atoms with Crippen LogP contribution in [0.4, 0.5) is 0 Å². The highest BCUT2D eigenvalue weighted by atomic mass is 16.6. The van der Waals surface area contributed by atoms with E-state index in [0.717, 1.165) is 12.0 Å². The molecule has 6 rings (SSSR count). The van der Waals surface area contributed by atoms with E-state index in [9.17, 15) is 14.4 Å². The van der Waals surface area contributed by atoms with Gasteiger partial charge in [-0.15, -0.1) is 0 Å². The predicted octanol–water partition coefficient (Wildman–Crippen LogP) is 5.29. The fraction of sp³-hybridized carbons (Fsp3) is 0.676. The molecule has 1 aromatic heterocycles. The number of fused-ring (bicyclic) bond motifs is 4. The third kappa shape index (κ3) is 4.13. The molecule has 0 amide bonds. The van der Waals surface area contributed by atoms with Gasteiger partial charge in [-0.3, -0.25) is 9.59 Å². The summed E-state index contributed by atoms with van der Waals surface area (Å²) in [5, 5.41) is 0. The van der Waals surface area contributed by atoms with Gasteiger partial charge in [-0.05, 0) is 50.3 Å². The highest BCUT2D eigenvalue weighted by Crippen LogP contribution is 2.74. The number of hydrogen-bond acceptors (Lipinski definition) is 9. The van der Waals surface area contributed by atoms with Gasteiger partial charge in [0.05, 0.1) is 44.6 Å². The van der Waals surface area contributed by atoms with Gasteiger partial charge in [0.2, 0.25) is 0 Å². The number of allylic oxidation sites excluding steroid dienone is 2. The summed E-state index contributed by atoms with van der Waals surface area (Å²) in [5.41, 5.74) is 2.08. The number of furan rings is 1. The van der Waals surface area contributed by atoms with Crippen LogP contribution in [0.2, 0.25) is 0 Å². The first-order valence-corrected chi connectivity index (χ1v) is 15.4. The van der Waals surface area contributed by atoms with Crippen molar-refractivity contribution in [1.82, 2.24) is 0 Å². The fourth-order valence-electron chi connectivity index (χ4n) is 10.0. The highest BCUT2D eigenvalue weighted by Gasteiger charge is 2.78. The molecule has 0 bridgehead atoms. The van der Waals surface area contributed by atoms with Crippen molar-refractivity contribution in [2.24, 2.45) is 28.1 Å². The molecule has 3 aliphatic carbocycles. The Balaban J connectivity index is 1.55. The van der Waals surface area contributed by atoms with Gasteiger partial charge < -0.3 is 28.1 Å². The number of carbonyl (C=O) groups is 3. The molecule has 43 heavy (non-hydrogen) atoms. The molecule has 0 aromatic carbocycles. The minimum Gasteiger partial charge on any atom is -0.472 e. The first-order chi connectivity index (χ1) is 20.3. The Labute approximate surface area is 253 Å². The number of rotatable bonds is 6. The lowest BCUT2D eigenvalue weighted by Gasteiger charge is -2.65. The van der Waals surface area contributed by atoms with Gasteiger partial charge in [-0.25, -0.2) is 4.79 Å². The molecular weight excluding hydrogens is 552 g/mol. The molecule has 234 valence electrons. The zero-order chi connectivity index (χ0) is 31.1. The Hall–Kier alpha value is -2.91. The van der Waals surface area contributed by atoms with E-state index in [2.05, 4.69) is 27.7 Å². The molecule has 0 radical (unpaired) electrons. The SMILES string of the molecule is C/C=C(\C)C(=O)O[C@H]1C[C@@H](OC(C)=O)[C@@]2(C)COC3C2[C@@]1(C)[C@@H](CC(=O)OC)[C@]1(C)C2=C(C)[C@H](c4ccoc4)C[C@H]2O[C@H]31. The van der Waals surface area contributed by atoms with Crippen LogP contribution in [0, 0.1) is 28.1 Å². The molecule has 2 unspecified atom stereocenters. The van der Waals surface area contributed by atoms with E-state index < -0.39 is 40.4 Å². The third-order valence-corrected chi connectivity index (χ3v) is 12.0. The second kappa shape index (κ2) is 10.3. The van der Waals surface area contributed by atoms with Gasteiger partial charge in [0.1, 0.15) is 12.2 Å². The Morgan fingerprint density at radius 1 is 1.09 bits per heavy atom. The van der Waals surface area contributed by atoms with E-state index in [1.807, 2.05) is 6.07 Å². The van der Waals surface area contributed by atoms with Crippen molar-refractivity contribution in [3.8, 4) is 0 Å². The summed E-state index contributed by atoms with van der Waals surface area (Å²) >= 11 is 0. The largest absolute Gasteiger partial charge is 0.472 e. The number of hydrogen-bond donors (Lipinski definition) is 0. The maximum Gasteiger partial charge on any atom is 0.333 e. The molecule has 2 saturated carbocycles. The van der Waals surface area contributed by atoms with Gasteiger partial charge >= 0.3 is 17.9 Å². The lowest BCUT2D eigenvalue weighted by molar-refractivity contribution is -0.251. The van der Waals surface area contributed by atoms with Gasteiger partial charge in [-0.2, -0.15) is 0 Å². The number of carbonyl (C=O) groups excluding carboxylic acids is 3. The van der Waals surface area contributed by atoms with Crippen LogP contribution < -0.4 is 0 Å².